The maximum atomic E-state index is 12.9. The van der Waals surface area contributed by atoms with E-state index in [0.717, 1.165) is 49.1 Å². The van der Waals surface area contributed by atoms with Crippen molar-refractivity contribution in [2.24, 2.45) is 5.92 Å². The quantitative estimate of drug-likeness (QED) is 0.788. The molecule has 3 heterocycles. The minimum absolute atomic E-state index is 0.0505. The lowest BCUT2D eigenvalue weighted by Crippen LogP contribution is -2.45. The van der Waals surface area contributed by atoms with Gasteiger partial charge in [0.25, 0.3) is 5.56 Å². The van der Waals surface area contributed by atoms with E-state index in [2.05, 4.69) is 5.10 Å². The molecule has 0 radical (unpaired) electrons. The summed E-state index contributed by atoms with van der Waals surface area (Å²) in [6.07, 6.45) is 5.65. The van der Waals surface area contributed by atoms with E-state index in [1.54, 1.807) is 35.3 Å². The fourth-order valence-corrected chi connectivity index (χ4v) is 5.11. The third-order valence-corrected chi connectivity index (χ3v) is 6.92. The third-order valence-electron chi connectivity index (χ3n) is 6.03. The van der Waals surface area contributed by atoms with Crippen LogP contribution in [0.1, 0.15) is 44.6 Å². The Morgan fingerprint density at radius 3 is 2.71 bits per heavy atom. The number of hydrogen-bond donors (Lipinski definition) is 0. The lowest BCUT2D eigenvalue weighted by Gasteiger charge is -2.36. The lowest BCUT2D eigenvalue weighted by molar-refractivity contribution is -0.139. The molecule has 4 rings (SSSR count). The Balaban J connectivity index is 1.41. The molecule has 0 N–H and O–H groups in total. The summed E-state index contributed by atoms with van der Waals surface area (Å²) in [5.74, 6) is 0.339. The lowest BCUT2D eigenvalue weighted by atomic mass is 9.85. The highest BCUT2D eigenvalue weighted by atomic mass is 32.1. The van der Waals surface area contributed by atoms with Gasteiger partial charge in [-0.25, -0.2) is 4.68 Å². The molecule has 1 aliphatic heterocycles. The van der Waals surface area contributed by atoms with Crippen molar-refractivity contribution in [2.75, 3.05) is 20.2 Å². The average molecular weight is 402 g/mol. The highest BCUT2D eigenvalue weighted by molar-refractivity contribution is 7.13. The van der Waals surface area contributed by atoms with Crippen LogP contribution in [-0.4, -0.2) is 46.9 Å². The van der Waals surface area contributed by atoms with Crippen molar-refractivity contribution in [3.05, 3.63) is 40.0 Å². The van der Waals surface area contributed by atoms with Gasteiger partial charge in [-0.05, 0) is 49.6 Å². The molecule has 2 aliphatic rings. The van der Waals surface area contributed by atoms with Crippen LogP contribution >= 0.6 is 11.3 Å². The van der Waals surface area contributed by atoms with Crippen molar-refractivity contribution in [1.82, 2.24) is 14.7 Å². The zero-order valence-corrected chi connectivity index (χ0v) is 17.1. The van der Waals surface area contributed by atoms with E-state index in [-0.39, 0.29) is 29.5 Å². The summed E-state index contributed by atoms with van der Waals surface area (Å²) in [7, 11) is 1.73. The van der Waals surface area contributed by atoms with Crippen LogP contribution in [-0.2, 0) is 9.53 Å². The second-order valence-electron chi connectivity index (χ2n) is 7.76. The van der Waals surface area contributed by atoms with Crippen molar-refractivity contribution in [1.29, 1.82) is 0 Å². The van der Waals surface area contributed by atoms with Crippen LogP contribution in [0.2, 0.25) is 0 Å². The largest absolute Gasteiger partial charge is 0.381 e. The van der Waals surface area contributed by atoms with Gasteiger partial charge in [-0.3, -0.25) is 9.59 Å². The third kappa shape index (κ3) is 4.05. The Morgan fingerprint density at radius 2 is 2.00 bits per heavy atom. The van der Waals surface area contributed by atoms with Crippen molar-refractivity contribution in [3.8, 4) is 10.6 Å². The van der Waals surface area contributed by atoms with Gasteiger partial charge in [-0.2, -0.15) is 5.10 Å². The molecule has 0 aromatic carbocycles. The van der Waals surface area contributed by atoms with Gasteiger partial charge in [-0.15, -0.1) is 11.3 Å². The molecule has 2 aromatic rings. The molecule has 2 aromatic heterocycles. The summed E-state index contributed by atoms with van der Waals surface area (Å²) in [6.45, 7) is 1.38. The summed E-state index contributed by atoms with van der Waals surface area (Å²) in [5, 5.41) is 6.62. The summed E-state index contributed by atoms with van der Waals surface area (Å²) in [6, 6.07) is 7.45. The first-order valence-electron chi connectivity index (χ1n) is 10.1. The number of methoxy groups -OCH3 is 1. The average Bonchev–Trinajstić information content (AvgIpc) is 3.29. The number of thiophene rings is 1. The number of hydrogen-bond acceptors (Lipinski definition) is 5. The van der Waals surface area contributed by atoms with Crippen LogP contribution in [0.5, 0.6) is 0 Å². The number of ether oxygens (including phenoxy) is 1. The summed E-state index contributed by atoms with van der Waals surface area (Å²) < 4.78 is 7.10. The summed E-state index contributed by atoms with van der Waals surface area (Å²) in [5.41, 5.74) is 0.765. The zero-order chi connectivity index (χ0) is 19.5. The van der Waals surface area contributed by atoms with E-state index < -0.39 is 0 Å². The standard InChI is InChI=1S/C21H27N3O3S/c1-27-17-5-2-4-15(14-17)21(26)23-11-9-16(10-12-23)24-20(25)8-7-18(22-24)19-6-3-13-28-19/h3,6-8,13,15-17H,2,4-5,9-12,14H2,1H3/t15-,17-/m1/s1. The van der Waals surface area contributed by atoms with Gasteiger partial charge < -0.3 is 9.64 Å². The molecule has 2 atom stereocenters. The van der Waals surface area contributed by atoms with Crippen molar-refractivity contribution >= 4 is 17.2 Å². The second-order valence-corrected chi connectivity index (χ2v) is 8.70. The minimum atomic E-state index is -0.0692. The highest BCUT2D eigenvalue weighted by Crippen LogP contribution is 2.30. The normalized spacial score (nSPS) is 23.7. The topological polar surface area (TPSA) is 64.4 Å². The first kappa shape index (κ1) is 19.3. The molecule has 0 unspecified atom stereocenters. The number of rotatable bonds is 4. The zero-order valence-electron chi connectivity index (χ0n) is 16.3. The Hall–Kier alpha value is -1.99. The summed E-state index contributed by atoms with van der Waals surface area (Å²) >= 11 is 1.62. The molecule has 1 aliphatic carbocycles. The fourth-order valence-electron chi connectivity index (χ4n) is 4.41. The number of amides is 1. The van der Waals surface area contributed by atoms with Gasteiger partial charge >= 0.3 is 0 Å². The van der Waals surface area contributed by atoms with Crippen LogP contribution in [0.4, 0.5) is 0 Å². The van der Waals surface area contributed by atoms with Crippen molar-refractivity contribution in [2.45, 2.75) is 50.7 Å². The molecular weight excluding hydrogens is 374 g/mol. The molecule has 1 amide bonds. The van der Waals surface area contributed by atoms with Crippen molar-refractivity contribution < 1.29 is 9.53 Å². The van der Waals surface area contributed by atoms with Gasteiger partial charge in [0.1, 0.15) is 5.69 Å². The molecule has 1 saturated carbocycles. The number of aromatic nitrogens is 2. The number of likely N-dealkylation sites (tertiary alicyclic amines) is 1. The van der Waals surface area contributed by atoms with Crippen LogP contribution in [0, 0.1) is 5.92 Å². The van der Waals surface area contributed by atoms with E-state index in [4.69, 9.17) is 4.74 Å². The maximum Gasteiger partial charge on any atom is 0.267 e. The predicted octanol–water partition coefficient (Wildman–Crippen LogP) is 3.34. The molecule has 7 heteroatoms. The number of piperidine rings is 1. The van der Waals surface area contributed by atoms with Gasteiger partial charge in [0.2, 0.25) is 5.91 Å². The van der Waals surface area contributed by atoms with Crippen LogP contribution in [0.25, 0.3) is 10.6 Å². The molecule has 150 valence electrons. The Morgan fingerprint density at radius 1 is 1.18 bits per heavy atom. The first-order valence-corrected chi connectivity index (χ1v) is 11.0. The second kappa shape index (κ2) is 8.57. The van der Waals surface area contributed by atoms with Gasteiger partial charge in [-0.1, -0.05) is 12.5 Å². The van der Waals surface area contributed by atoms with E-state index in [1.165, 1.54) is 0 Å². The number of carbonyl (C=O) groups is 1. The molecule has 2 fully saturated rings. The molecular formula is C21H27N3O3S. The molecule has 0 bridgehead atoms. The Kier molecular flexibility index (Phi) is 5.92. The maximum absolute atomic E-state index is 12.9. The van der Waals surface area contributed by atoms with Crippen LogP contribution in [0.3, 0.4) is 0 Å². The fraction of sp³-hybridized carbons (Fsp3) is 0.571. The molecule has 28 heavy (non-hydrogen) atoms. The monoisotopic (exact) mass is 401 g/mol. The molecule has 6 nitrogen and oxygen atoms in total. The highest BCUT2D eigenvalue weighted by Gasteiger charge is 2.33. The van der Waals surface area contributed by atoms with Gasteiger partial charge in [0, 0.05) is 32.2 Å². The molecule has 1 saturated heterocycles. The summed E-state index contributed by atoms with van der Waals surface area (Å²) in [4.78, 5) is 28.3. The molecule has 0 spiro atoms. The van der Waals surface area contributed by atoms with E-state index in [0.29, 0.717) is 13.1 Å². The Labute approximate surface area is 169 Å². The van der Waals surface area contributed by atoms with Gasteiger partial charge in [0.05, 0.1) is 17.0 Å². The predicted molar refractivity (Wildman–Crippen MR) is 109 cm³/mol. The van der Waals surface area contributed by atoms with Crippen LogP contribution in [0.15, 0.2) is 34.4 Å². The van der Waals surface area contributed by atoms with E-state index >= 15 is 0 Å². The van der Waals surface area contributed by atoms with Crippen LogP contribution < -0.4 is 5.56 Å². The van der Waals surface area contributed by atoms with E-state index in [9.17, 15) is 9.59 Å². The van der Waals surface area contributed by atoms with Gasteiger partial charge in [0.15, 0.2) is 0 Å². The SMILES string of the molecule is CO[C@@H]1CCC[C@@H](C(=O)N2CCC(n3nc(-c4cccs4)ccc3=O)CC2)C1. The first-order chi connectivity index (χ1) is 13.7. The number of nitrogens with zero attached hydrogens (tertiary/aromatic N) is 3. The smallest absolute Gasteiger partial charge is 0.267 e. The number of carbonyl (C=O) groups excluding carboxylic acids is 1. The van der Waals surface area contributed by atoms with Crippen molar-refractivity contribution in [3.63, 3.8) is 0 Å². The van der Waals surface area contributed by atoms with E-state index in [1.807, 2.05) is 22.4 Å². The Bertz CT molecular complexity index is 856. The minimum Gasteiger partial charge on any atom is -0.381 e.